The van der Waals surface area contributed by atoms with E-state index in [1.165, 1.54) is 64.2 Å². The van der Waals surface area contributed by atoms with Crippen molar-refractivity contribution in [2.75, 3.05) is 0 Å². The van der Waals surface area contributed by atoms with Gasteiger partial charge in [0.25, 0.3) is 0 Å². The molecule has 0 saturated carbocycles. The molecule has 2 aromatic heterocycles. The van der Waals surface area contributed by atoms with Crippen LogP contribution >= 0.6 is 7.82 Å². The third kappa shape index (κ3) is 12.2. The standard InChI is InChI=1S/C26H42N2O4P/c1-3-5-7-9-11-13-19-27-21-15-17-25(23-27)31-33(29,30)32-26-18-16-22-28(24-26)20-14-12-10-8-6-4-2/h15-18,21-24H,3-14,19-20H2,1-2H3/q+1/p+1. The summed E-state index contributed by atoms with van der Waals surface area (Å²) >= 11 is 0. The Morgan fingerprint density at radius 1 is 0.697 bits per heavy atom. The van der Waals surface area contributed by atoms with Crippen LogP contribution in [-0.4, -0.2) is 4.89 Å². The van der Waals surface area contributed by atoms with Crippen LogP contribution in [0.2, 0.25) is 0 Å². The van der Waals surface area contributed by atoms with Gasteiger partial charge in [0.1, 0.15) is 13.1 Å². The van der Waals surface area contributed by atoms with Gasteiger partial charge in [-0.05, 0) is 25.0 Å². The van der Waals surface area contributed by atoms with Gasteiger partial charge in [-0.2, -0.15) is 0 Å². The number of aromatic nitrogens is 2. The third-order valence-corrected chi connectivity index (χ3v) is 6.53. The number of phosphoric ester groups is 1. The van der Waals surface area contributed by atoms with Gasteiger partial charge in [-0.25, -0.2) is 13.7 Å². The highest BCUT2D eigenvalue weighted by Gasteiger charge is 2.27. The largest absolute Gasteiger partial charge is 0.585 e. The summed E-state index contributed by atoms with van der Waals surface area (Å²) in [6.07, 6.45) is 22.1. The number of unbranched alkanes of at least 4 members (excludes halogenated alkanes) is 10. The summed E-state index contributed by atoms with van der Waals surface area (Å²) in [4.78, 5) is 10.3. The number of hydrogen-bond acceptors (Lipinski definition) is 3. The zero-order valence-corrected chi connectivity index (χ0v) is 21.4. The summed E-state index contributed by atoms with van der Waals surface area (Å²) in [6, 6.07) is 6.99. The molecule has 0 unspecified atom stereocenters. The highest BCUT2D eigenvalue weighted by Crippen LogP contribution is 2.43. The van der Waals surface area contributed by atoms with Crippen LogP contribution in [0.25, 0.3) is 0 Å². The van der Waals surface area contributed by atoms with Crippen LogP contribution in [-0.2, 0) is 17.7 Å². The smallest absolute Gasteiger partial charge is 0.389 e. The fourth-order valence-corrected chi connectivity index (χ4v) is 4.60. The Balaban J connectivity index is 1.81. The molecule has 0 spiro atoms. The summed E-state index contributed by atoms with van der Waals surface area (Å²) in [5, 5.41) is 0. The Bertz CT molecular complexity index is 781. The van der Waals surface area contributed by atoms with Crippen molar-refractivity contribution in [3.8, 4) is 11.5 Å². The zero-order valence-electron chi connectivity index (χ0n) is 20.5. The van der Waals surface area contributed by atoms with Crippen molar-refractivity contribution in [2.45, 2.75) is 104 Å². The van der Waals surface area contributed by atoms with Gasteiger partial charge in [-0.15, -0.1) is 0 Å². The molecule has 0 radical (unpaired) electrons. The van der Waals surface area contributed by atoms with Crippen LogP contribution in [0, 0.1) is 0 Å². The van der Waals surface area contributed by atoms with Crippen molar-refractivity contribution < 1.29 is 27.6 Å². The average Bonchev–Trinajstić information content (AvgIpc) is 2.78. The van der Waals surface area contributed by atoms with Gasteiger partial charge in [0.2, 0.25) is 12.4 Å². The van der Waals surface area contributed by atoms with Crippen molar-refractivity contribution in [3.63, 3.8) is 0 Å². The Hall–Kier alpha value is -1.91. The van der Waals surface area contributed by atoms with Crippen LogP contribution in [0.4, 0.5) is 0 Å². The van der Waals surface area contributed by atoms with E-state index in [1.807, 2.05) is 33.7 Å². The minimum atomic E-state index is -4.29. The molecule has 1 N–H and O–H groups in total. The Labute approximate surface area is 200 Å². The SMILES string of the molecule is CCCCCCCC[n+]1cccc(OP(=O)(O)Oc2ccc[n+](CCCCCCCC)c2)c1. The molecule has 0 aliphatic carbocycles. The predicted octanol–water partition coefficient (Wildman–Crippen LogP) is 6.54. The van der Waals surface area contributed by atoms with Gasteiger partial charge in [0.15, 0.2) is 23.9 Å². The number of rotatable bonds is 18. The molecule has 2 heterocycles. The van der Waals surface area contributed by atoms with Gasteiger partial charge in [0, 0.05) is 25.0 Å². The molecule has 0 fully saturated rings. The summed E-state index contributed by atoms with van der Waals surface area (Å²) in [5.74, 6) is 0.649. The first kappa shape index (κ1) is 27.3. The highest BCUT2D eigenvalue weighted by atomic mass is 31.2. The second-order valence-electron chi connectivity index (χ2n) is 8.74. The van der Waals surface area contributed by atoms with Crippen LogP contribution in [0.15, 0.2) is 49.1 Å². The van der Waals surface area contributed by atoms with Crippen molar-refractivity contribution in [2.24, 2.45) is 0 Å². The molecule has 0 saturated heterocycles. The molecule has 0 amide bonds. The van der Waals surface area contributed by atoms with Gasteiger partial charge in [-0.1, -0.05) is 65.2 Å². The Morgan fingerprint density at radius 2 is 1.09 bits per heavy atom. The molecular formula is C26H43N2O4P+2. The van der Waals surface area contributed by atoms with E-state index in [0.717, 1.165) is 25.9 Å². The predicted molar refractivity (Wildman–Crippen MR) is 131 cm³/mol. The molecule has 7 heteroatoms. The first-order valence-corrected chi connectivity index (χ1v) is 14.2. The van der Waals surface area contributed by atoms with Gasteiger partial charge < -0.3 is 9.05 Å². The lowest BCUT2D eigenvalue weighted by Crippen LogP contribution is -2.33. The van der Waals surface area contributed by atoms with Gasteiger partial charge in [0.05, 0.1) is 0 Å². The van der Waals surface area contributed by atoms with Crippen LogP contribution in [0.5, 0.6) is 11.5 Å². The molecule has 6 nitrogen and oxygen atoms in total. The maximum absolute atomic E-state index is 12.6. The first-order valence-electron chi connectivity index (χ1n) is 12.7. The third-order valence-electron chi connectivity index (χ3n) is 5.64. The van der Waals surface area contributed by atoms with E-state index in [0.29, 0.717) is 11.5 Å². The van der Waals surface area contributed by atoms with E-state index >= 15 is 0 Å². The minimum absolute atomic E-state index is 0.324. The second kappa shape index (κ2) is 15.8. The molecule has 0 aliphatic heterocycles. The van der Waals surface area contributed by atoms with Crippen molar-refractivity contribution in [1.82, 2.24) is 0 Å². The van der Waals surface area contributed by atoms with E-state index in [4.69, 9.17) is 9.05 Å². The van der Waals surface area contributed by atoms with Crippen molar-refractivity contribution in [3.05, 3.63) is 49.1 Å². The maximum Gasteiger partial charge on any atom is 0.585 e. The van der Waals surface area contributed by atoms with E-state index in [-0.39, 0.29) is 0 Å². The van der Waals surface area contributed by atoms with Gasteiger partial charge >= 0.3 is 7.82 Å². The molecule has 0 aromatic carbocycles. The first-order chi connectivity index (χ1) is 16.0. The summed E-state index contributed by atoms with van der Waals surface area (Å²) in [7, 11) is -4.29. The fraction of sp³-hybridized carbons (Fsp3) is 0.615. The fourth-order valence-electron chi connectivity index (χ4n) is 3.82. The molecular weight excluding hydrogens is 435 g/mol. The lowest BCUT2D eigenvalue weighted by atomic mass is 10.1. The Kier molecular flexibility index (Phi) is 13.1. The van der Waals surface area contributed by atoms with Crippen LogP contribution in [0.3, 0.4) is 0 Å². The second-order valence-corrected chi connectivity index (χ2v) is 10.0. The van der Waals surface area contributed by atoms with E-state index in [9.17, 15) is 9.46 Å². The van der Waals surface area contributed by atoms with Crippen LogP contribution in [0.1, 0.15) is 90.9 Å². The van der Waals surface area contributed by atoms with Crippen molar-refractivity contribution in [1.29, 1.82) is 0 Å². The molecule has 2 rings (SSSR count). The van der Waals surface area contributed by atoms with Crippen molar-refractivity contribution >= 4 is 7.82 Å². The normalized spacial score (nSPS) is 11.5. The summed E-state index contributed by atoms with van der Waals surface area (Å²) < 4.78 is 27.3. The maximum atomic E-state index is 12.6. The van der Waals surface area contributed by atoms with E-state index in [2.05, 4.69) is 13.8 Å². The topological polar surface area (TPSA) is 63.5 Å². The molecule has 33 heavy (non-hydrogen) atoms. The lowest BCUT2D eigenvalue weighted by Gasteiger charge is -2.12. The summed E-state index contributed by atoms with van der Waals surface area (Å²) in [5.41, 5.74) is 0. The number of aryl methyl sites for hydroxylation is 2. The Morgan fingerprint density at radius 3 is 1.52 bits per heavy atom. The molecule has 0 aliphatic rings. The average molecular weight is 479 g/mol. The van der Waals surface area contributed by atoms with Crippen LogP contribution < -0.4 is 18.2 Å². The molecule has 0 atom stereocenters. The monoisotopic (exact) mass is 478 g/mol. The number of pyridine rings is 2. The number of nitrogens with zero attached hydrogens (tertiary/aromatic N) is 2. The minimum Gasteiger partial charge on any atom is -0.389 e. The zero-order chi connectivity index (χ0) is 23.8. The molecule has 0 bridgehead atoms. The molecule has 184 valence electrons. The molecule has 2 aromatic rings. The highest BCUT2D eigenvalue weighted by molar-refractivity contribution is 7.48. The van der Waals surface area contributed by atoms with Gasteiger partial charge in [-0.3, -0.25) is 4.89 Å². The van der Waals surface area contributed by atoms with E-state index < -0.39 is 7.82 Å². The summed E-state index contributed by atoms with van der Waals surface area (Å²) in [6.45, 7) is 6.15. The lowest BCUT2D eigenvalue weighted by molar-refractivity contribution is -0.697. The number of phosphoric acid groups is 1. The van der Waals surface area contributed by atoms with E-state index in [1.54, 1.807) is 24.5 Å². The number of hydrogen-bond donors (Lipinski definition) is 1. The quantitative estimate of drug-likeness (QED) is 0.150.